The summed E-state index contributed by atoms with van der Waals surface area (Å²) in [6, 6.07) is 8.18. The van der Waals surface area contributed by atoms with Crippen molar-refractivity contribution in [1.29, 1.82) is 0 Å². The summed E-state index contributed by atoms with van der Waals surface area (Å²) < 4.78 is 0. The van der Waals surface area contributed by atoms with Crippen LogP contribution in [0.25, 0.3) is 0 Å². The Morgan fingerprint density at radius 2 is 1.78 bits per heavy atom. The number of carbonyl (C=O) groups excluding carboxylic acids is 2. The molecule has 2 aliphatic rings. The van der Waals surface area contributed by atoms with Crippen molar-refractivity contribution in [2.75, 3.05) is 44.7 Å². The van der Waals surface area contributed by atoms with Crippen LogP contribution in [-0.2, 0) is 11.3 Å². The minimum absolute atomic E-state index is 0.151. The number of nitrogens with zero attached hydrogens (tertiary/aromatic N) is 4. The highest BCUT2D eigenvalue weighted by Gasteiger charge is 2.34. The molecule has 7 nitrogen and oxygen atoms in total. The number of benzene rings is 1. The molecule has 3 heterocycles. The van der Waals surface area contributed by atoms with E-state index in [1.807, 2.05) is 12.1 Å². The zero-order chi connectivity index (χ0) is 22.7. The van der Waals surface area contributed by atoms with Gasteiger partial charge in [-0.2, -0.15) is 0 Å². The van der Waals surface area contributed by atoms with Crippen LogP contribution in [0.1, 0.15) is 28.8 Å². The lowest BCUT2D eigenvalue weighted by atomic mass is 10.1. The van der Waals surface area contributed by atoms with E-state index in [4.69, 9.17) is 23.2 Å². The van der Waals surface area contributed by atoms with Crippen LogP contribution in [0.15, 0.2) is 36.5 Å². The molecule has 0 bridgehead atoms. The lowest BCUT2D eigenvalue weighted by molar-refractivity contribution is -0.125. The molecular formula is C23H27Cl2N5O2. The van der Waals surface area contributed by atoms with Gasteiger partial charge in [0.05, 0.1) is 0 Å². The van der Waals surface area contributed by atoms with E-state index < -0.39 is 6.04 Å². The first-order valence-corrected chi connectivity index (χ1v) is 11.6. The van der Waals surface area contributed by atoms with Gasteiger partial charge in [0.25, 0.3) is 5.91 Å². The molecule has 0 saturated carbocycles. The average molecular weight is 476 g/mol. The lowest BCUT2D eigenvalue weighted by Crippen LogP contribution is -2.46. The van der Waals surface area contributed by atoms with Crippen molar-refractivity contribution in [2.24, 2.45) is 0 Å². The predicted octanol–water partition coefficient (Wildman–Crippen LogP) is 3.06. The van der Waals surface area contributed by atoms with Crippen LogP contribution in [0.2, 0.25) is 10.0 Å². The molecule has 2 amide bonds. The summed E-state index contributed by atoms with van der Waals surface area (Å²) in [5.74, 6) is 0.551. The Morgan fingerprint density at radius 3 is 2.50 bits per heavy atom. The second-order valence-corrected chi connectivity index (χ2v) is 9.22. The zero-order valence-corrected chi connectivity index (χ0v) is 19.6. The van der Waals surface area contributed by atoms with Crippen molar-refractivity contribution in [3.63, 3.8) is 0 Å². The van der Waals surface area contributed by atoms with Crippen molar-refractivity contribution in [3.05, 3.63) is 57.7 Å². The van der Waals surface area contributed by atoms with Gasteiger partial charge in [0, 0.05) is 61.1 Å². The first-order valence-electron chi connectivity index (χ1n) is 10.8. The Balaban J connectivity index is 1.38. The van der Waals surface area contributed by atoms with Crippen LogP contribution in [0.5, 0.6) is 0 Å². The summed E-state index contributed by atoms with van der Waals surface area (Å²) in [7, 11) is 2.12. The smallest absolute Gasteiger partial charge is 0.254 e. The van der Waals surface area contributed by atoms with Crippen LogP contribution in [0, 0.1) is 0 Å². The summed E-state index contributed by atoms with van der Waals surface area (Å²) >= 11 is 12.1. The minimum Gasteiger partial charge on any atom is -0.354 e. The van der Waals surface area contributed by atoms with Gasteiger partial charge in [-0.25, -0.2) is 4.98 Å². The Morgan fingerprint density at radius 1 is 1.06 bits per heavy atom. The highest BCUT2D eigenvalue weighted by atomic mass is 35.5. The minimum atomic E-state index is -0.501. The van der Waals surface area contributed by atoms with Gasteiger partial charge in [-0.1, -0.05) is 23.2 Å². The molecule has 170 valence electrons. The van der Waals surface area contributed by atoms with Gasteiger partial charge in [-0.15, -0.1) is 0 Å². The number of nitrogens with one attached hydrogen (secondary N) is 1. The van der Waals surface area contributed by atoms with E-state index in [1.54, 1.807) is 29.3 Å². The van der Waals surface area contributed by atoms with Gasteiger partial charge in [-0.05, 0) is 55.8 Å². The maximum atomic E-state index is 13.0. The van der Waals surface area contributed by atoms with Crippen LogP contribution >= 0.6 is 23.2 Å². The van der Waals surface area contributed by atoms with E-state index in [1.165, 1.54) is 0 Å². The third-order valence-electron chi connectivity index (χ3n) is 6.03. The number of halogens is 2. The molecule has 1 N–H and O–H groups in total. The number of pyridine rings is 1. The summed E-state index contributed by atoms with van der Waals surface area (Å²) in [5, 5.41) is 3.79. The fraction of sp³-hybridized carbons (Fsp3) is 0.435. The Hall–Kier alpha value is -2.35. The van der Waals surface area contributed by atoms with Crippen molar-refractivity contribution in [1.82, 2.24) is 20.1 Å². The molecule has 2 fully saturated rings. The van der Waals surface area contributed by atoms with Gasteiger partial charge >= 0.3 is 0 Å². The highest BCUT2D eigenvalue weighted by molar-refractivity contribution is 6.35. The molecule has 2 aliphatic heterocycles. The second kappa shape index (κ2) is 10.1. The molecule has 0 spiro atoms. The topological polar surface area (TPSA) is 68.8 Å². The van der Waals surface area contributed by atoms with Crippen LogP contribution < -0.4 is 10.2 Å². The van der Waals surface area contributed by atoms with Crippen molar-refractivity contribution >= 4 is 40.8 Å². The van der Waals surface area contributed by atoms with Gasteiger partial charge in [0.15, 0.2) is 0 Å². The standard InChI is InChI=1S/C23H27Cl2N5O2/c1-28-7-9-29(10-8-28)21-11-16(4-5-26-21)15-27-22(31)20-3-2-6-30(20)23(32)17-12-18(24)14-19(25)13-17/h4-5,11-14,20H,2-3,6-10,15H2,1H3,(H,27,31). The number of hydrogen-bond donors (Lipinski definition) is 1. The normalized spacial score (nSPS) is 19.3. The van der Waals surface area contributed by atoms with Gasteiger partial charge < -0.3 is 20.0 Å². The van der Waals surface area contributed by atoms with E-state index in [-0.39, 0.29) is 11.8 Å². The molecule has 32 heavy (non-hydrogen) atoms. The molecule has 2 saturated heterocycles. The summed E-state index contributed by atoms with van der Waals surface area (Å²) in [6.07, 6.45) is 3.19. The number of anilines is 1. The Bertz CT molecular complexity index is 974. The molecule has 4 rings (SSSR count). The monoisotopic (exact) mass is 475 g/mol. The number of rotatable bonds is 5. The molecular weight excluding hydrogens is 449 g/mol. The second-order valence-electron chi connectivity index (χ2n) is 8.35. The van der Waals surface area contributed by atoms with Crippen LogP contribution in [-0.4, -0.2) is 72.4 Å². The molecule has 1 atom stereocenters. The predicted molar refractivity (Wildman–Crippen MR) is 126 cm³/mol. The molecule has 0 radical (unpaired) electrons. The third kappa shape index (κ3) is 5.34. The van der Waals surface area contributed by atoms with E-state index in [2.05, 4.69) is 27.1 Å². The van der Waals surface area contributed by atoms with Gasteiger partial charge in [0.2, 0.25) is 5.91 Å². The molecule has 0 aliphatic carbocycles. The van der Waals surface area contributed by atoms with Gasteiger partial charge in [0.1, 0.15) is 11.9 Å². The van der Waals surface area contributed by atoms with E-state index >= 15 is 0 Å². The first-order chi connectivity index (χ1) is 15.4. The number of likely N-dealkylation sites (tertiary alicyclic amines) is 1. The number of carbonyl (C=O) groups is 2. The molecule has 2 aromatic rings. The number of aromatic nitrogens is 1. The molecule has 1 unspecified atom stereocenters. The number of piperazine rings is 1. The van der Waals surface area contributed by atoms with Crippen molar-refractivity contribution in [2.45, 2.75) is 25.4 Å². The largest absolute Gasteiger partial charge is 0.354 e. The van der Waals surface area contributed by atoms with Crippen molar-refractivity contribution < 1.29 is 9.59 Å². The third-order valence-corrected chi connectivity index (χ3v) is 6.47. The van der Waals surface area contributed by atoms with E-state index in [0.717, 1.165) is 44.0 Å². The van der Waals surface area contributed by atoms with Crippen LogP contribution in [0.4, 0.5) is 5.82 Å². The van der Waals surface area contributed by atoms with Gasteiger partial charge in [-0.3, -0.25) is 9.59 Å². The zero-order valence-electron chi connectivity index (χ0n) is 18.1. The maximum absolute atomic E-state index is 13.0. The summed E-state index contributed by atoms with van der Waals surface area (Å²) in [6.45, 7) is 4.81. The average Bonchev–Trinajstić information content (AvgIpc) is 3.27. The van der Waals surface area contributed by atoms with E-state index in [0.29, 0.717) is 35.1 Å². The van der Waals surface area contributed by atoms with E-state index in [9.17, 15) is 9.59 Å². The number of likely N-dealkylation sites (N-methyl/N-ethyl adjacent to an activating group) is 1. The van der Waals surface area contributed by atoms with Crippen molar-refractivity contribution in [3.8, 4) is 0 Å². The molecule has 9 heteroatoms. The fourth-order valence-corrected chi connectivity index (χ4v) is 4.74. The molecule has 1 aromatic heterocycles. The van der Waals surface area contributed by atoms with Crippen LogP contribution in [0.3, 0.4) is 0 Å². The Labute approximate surface area is 198 Å². The lowest BCUT2D eigenvalue weighted by Gasteiger charge is -2.33. The maximum Gasteiger partial charge on any atom is 0.254 e. The highest BCUT2D eigenvalue weighted by Crippen LogP contribution is 2.25. The molecule has 1 aromatic carbocycles. The fourth-order valence-electron chi connectivity index (χ4n) is 4.21. The quantitative estimate of drug-likeness (QED) is 0.719. The summed E-state index contributed by atoms with van der Waals surface area (Å²) in [4.78, 5) is 36.6. The summed E-state index contributed by atoms with van der Waals surface area (Å²) in [5.41, 5.74) is 1.38. The Kier molecular flexibility index (Phi) is 7.18. The first kappa shape index (κ1) is 22.8. The SMILES string of the molecule is CN1CCN(c2cc(CNC(=O)C3CCCN3C(=O)c3cc(Cl)cc(Cl)c3)ccn2)CC1. The number of hydrogen-bond acceptors (Lipinski definition) is 5. The number of amides is 2.